The molecular weight excluding hydrogens is 250 g/mol. The molecule has 0 spiro atoms. The van der Waals surface area contributed by atoms with Crippen molar-refractivity contribution in [2.75, 3.05) is 37.3 Å². The summed E-state index contributed by atoms with van der Waals surface area (Å²) in [5, 5.41) is 0. The molecule has 0 unspecified atom stereocenters. The molecule has 0 aromatic carbocycles. The highest BCUT2D eigenvalue weighted by molar-refractivity contribution is 7.88. The van der Waals surface area contributed by atoms with Gasteiger partial charge in [0, 0.05) is 31.9 Å². The maximum atomic E-state index is 11.5. The molecule has 1 aromatic rings. The number of anilines is 1. The third-order valence-corrected chi connectivity index (χ3v) is 4.42. The number of sulfonamides is 1. The van der Waals surface area contributed by atoms with Crippen LogP contribution in [0, 0.1) is 6.92 Å². The van der Waals surface area contributed by atoms with E-state index in [1.807, 2.05) is 25.1 Å². The quantitative estimate of drug-likeness (QED) is 0.799. The summed E-state index contributed by atoms with van der Waals surface area (Å²) in [5.41, 5.74) is 0.983. The minimum Gasteiger partial charge on any atom is -0.355 e. The SMILES string of the molecule is Cc1cccc(N2CCCN(S(C)(=O)=O)CC2)n1. The molecule has 1 fully saturated rings. The van der Waals surface area contributed by atoms with Crippen LogP contribution in [0.15, 0.2) is 18.2 Å². The fraction of sp³-hybridized carbons (Fsp3) is 0.583. The zero-order chi connectivity index (χ0) is 13.2. The van der Waals surface area contributed by atoms with Gasteiger partial charge in [0.25, 0.3) is 0 Å². The maximum absolute atomic E-state index is 11.5. The van der Waals surface area contributed by atoms with E-state index in [0.29, 0.717) is 19.6 Å². The van der Waals surface area contributed by atoms with Crippen LogP contribution in [0.1, 0.15) is 12.1 Å². The average Bonchev–Trinajstić information content (AvgIpc) is 2.53. The average molecular weight is 269 g/mol. The molecule has 0 aliphatic carbocycles. The van der Waals surface area contributed by atoms with Crippen molar-refractivity contribution in [1.29, 1.82) is 0 Å². The third-order valence-electron chi connectivity index (χ3n) is 3.12. The Balaban J connectivity index is 2.10. The van der Waals surface area contributed by atoms with Gasteiger partial charge in [-0.25, -0.2) is 17.7 Å². The number of pyridine rings is 1. The molecule has 2 heterocycles. The molecule has 0 N–H and O–H groups in total. The topological polar surface area (TPSA) is 53.5 Å². The Labute approximate surface area is 108 Å². The Morgan fingerprint density at radius 3 is 2.61 bits per heavy atom. The van der Waals surface area contributed by atoms with Gasteiger partial charge in [-0.3, -0.25) is 0 Å². The molecule has 1 saturated heterocycles. The Hall–Kier alpha value is -1.14. The van der Waals surface area contributed by atoms with Crippen LogP contribution in [0.2, 0.25) is 0 Å². The van der Waals surface area contributed by atoms with Crippen LogP contribution in [0.25, 0.3) is 0 Å². The molecule has 18 heavy (non-hydrogen) atoms. The van der Waals surface area contributed by atoms with Gasteiger partial charge in [-0.1, -0.05) is 6.07 Å². The molecule has 1 aliphatic heterocycles. The lowest BCUT2D eigenvalue weighted by atomic mass is 10.3. The highest BCUT2D eigenvalue weighted by Gasteiger charge is 2.21. The summed E-state index contributed by atoms with van der Waals surface area (Å²) in [5.74, 6) is 0.936. The van der Waals surface area contributed by atoms with E-state index in [1.165, 1.54) is 6.26 Å². The van der Waals surface area contributed by atoms with E-state index < -0.39 is 10.0 Å². The molecule has 1 aliphatic rings. The Kier molecular flexibility index (Phi) is 3.87. The van der Waals surface area contributed by atoms with Crippen molar-refractivity contribution in [2.45, 2.75) is 13.3 Å². The van der Waals surface area contributed by atoms with Gasteiger partial charge in [0.1, 0.15) is 5.82 Å². The van der Waals surface area contributed by atoms with Crippen LogP contribution < -0.4 is 4.90 Å². The normalized spacial score (nSPS) is 18.7. The minimum atomic E-state index is -3.08. The summed E-state index contributed by atoms with van der Waals surface area (Å²) in [6, 6.07) is 5.92. The standard InChI is InChI=1S/C12H19N3O2S/c1-11-5-3-6-12(13-11)14-7-4-8-15(10-9-14)18(2,16)17/h3,5-6H,4,7-10H2,1-2H3. The van der Waals surface area contributed by atoms with E-state index >= 15 is 0 Å². The molecule has 5 nitrogen and oxygen atoms in total. The van der Waals surface area contributed by atoms with E-state index in [0.717, 1.165) is 24.5 Å². The van der Waals surface area contributed by atoms with E-state index in [-0.39, 0.29) is 0 Å². The smallest absolute Gasteiger partial charge is 0.211 e. The predicted octanol–water partition coefficient (Wildman–Crippen LogP) is 0.862. The van der Waals surface area contributed by atoms with Crippen LogP contribution in [0.3, 0.4) is 0 Å². The van der Waals surface area contributed by atoms with Gasteiger partial charge in [-0.05, 0) is 25.5 Å². The zero-order valence-corrected chi connectivity index (χ0v) is 11.7. The first-order valence-electron chi connectivity index (χ1n) is 6.10. The van der Waals surface area contributed by atoms with E-state index in [1.54, 1.807) is 4.31 Å². The summed E-state index contributed by atoms with van der Waals surface area (Å²) in [6.45, 7) is 4.64. The highest BCUT2D eigenvalue weighted by Crippen LogP contribution is 2.15. The lowest BCUT2D eigenvalue weighted by molar-refractivity contribution is 0.437. The van der Waals surface area contributed by atoms with E-state index in [9.17, 15) is 8.42 Å². The molecule has 1 aromatic heterocycles. The van der Waals surface area contributed by atoms with Crippen LogP contribution in [-0.2, 0) is 10.0 Å². The molecule has 0 bridgehead atoms. The molecule has 0 atom stereocenters. The summed E-state index contributed by atoms with van der Waals surface area (Å²) in [4.78, 5) is 6.63. The minimum absolute atomic E-state index is 0.536. The van der Waals surface area contributed by atoms with Gasteiger partial charge < -0.3 is 4.90 Å². The number of hydrogen-bond donors (Lipinski definition) is 0. The fourth-order valence-corrected chi connectivity index (χ4v) is 3.03. The van der Waals surface area contributed by atoms with Crippen molar-refractivity contribution >= 4 is 15.8 Å². The van der Waals surface area contributed by atoms with Crippen LogP contribution in [-0.4, -0.2) is 50.1 Å². The number of rotatable bonds is 2. The first-order chi connectivity index (χ1) is 8.47. The third kappa shape index (κ3) is 3.20. The van der Waals surface area contributed by atoms with Gasteiger partial charge in [0.2, 0.25) is 10.0 Å². The molecule has 0 saturated carbocycles. The van der Waals surface area contributed by atoms with Crippen molar-refractivity contribution in [2.24, 2.45) is 0 Å². The fourth-order valence-electron chi connectivity index (χ4n) is 2.16. The van der Waals surface area contributed by atoms with Gasteiger partial charge in [0.15, 0.2) is 0 Å². The molecule has 2 rings (SSSR count). The molecule has 0 amide bonds. The Morgan fingerprint density at radius 1 is 1.17 bits per heavy atom. The summed E-state index contributed by atoms with van der Waals surface area (Å²) >= 11 is 0. The maximum Gasteiger partial charge on any atom is 0.211 e. The van der Waals surface area contributed by atoms with Crippen molar-refractivity contribution in [3.05, 3.63) is 23.9 Å². The van der Waals surface area contributed by atoms with Crippen LogP contribution in [0.5, 0.6) is 0 Å². The second-order valence-corrected chi connectivity index (χ2v) is 6.62. The van der Waals surface area contributed by atoms with Crippen molar-refractivity contribution in [1.82, 2.24) is 9.29 Å². The van der Waals surface area contributed by atoms with Crippen LogP contribution in [0.4, 0.5) is 5.82 Å². The number of nitrogens with zero attached hydrogens (tertiary/aromatic N) is 3. The first kappa shape index (κ1) is 13.3. The second-order valence-electron chi connectivity index (χ2n) is 4.64. The molecular formula is C12H19N3O2S. The summed E-state index contributed by atoms with van der Waals surface area (Å²) in [6.07, 6.45) is 2.11. The van der Waals surface area contributed by atoms with Gasteiger partial charge in [-0.15, -0.1) is 0 Å². The molecule has 100 valence electrons. The zero-order valence-electron chi connectivity index (χ0n) is 10.8. The van der Waals surface area contributed by atoms with Gasteiger partial charge >= 0.3 is 0 Å². The summed E-state index contributed by atoms with van der Waals surface area (Å²) in [7, 11) is -3.08. The molecule has 0 radical (unpaired) electrons. The lowest BCUT2D eigenvalue weighted by Crippen LogP contribution is -2.34. The number of hydrogen-bond acceptors (Lipinski definition) is 4. The Morgan fingerprint density at radius 2 is 1.94 bits per heavy atom. The van der Waals surface area contributed by atoms with Crippen molar-refractivity contribution in [3.8, 4) is 0 Å². The van der Waals surface area contributed by atoms with Crippen molar-refractivity contribution < 1.29 is 8.42 Å². The van der Waals surface area contributed by atoms with E-state index in [2.05, 4.69) is 9.88 Å². The molecule has 6 heteroatoms. The largest absolute Gasteiger partial charge is 0.355 e. The Bertz CT molecular complexity index is 516. The monoisotopic (exact) mass is 269 g/mol. The van der Waals surface area contributed by atoms with Gasteiger partial charge in [-0.2, -0.15) is 0 Å². The second kappa shape index (κ2) is 5.24. The van der Waals surface area contributed by atoms with Gasteiger partial charge in [0.05, 0.1) is 6.26 Å². The highest BCUT2D eigenvalue weighted by atomic mass is 32.2. The number of aryl methyl sites for hydroxylation is 1. The summed E-state index contributed by atoms with van der Waals surface area (Å²) < 4.78 is 24.6. The first-order valence-corrected chi connectivity index (χ1v) is 7.95. The predicted molar refractivity (Wildman–Crippen MR) is 72.2 cm³/mol. The van der Waals surface area contributed by atoms with Crippen LogP contribution >= 0.6 is 0 Å². The lowest BCUT2D eigenvalue weighted by Gasteiger charge is -2.22. The van der Waals surface area contributed by atoms with Crippen molar-refractivity contribution in [3.63, 3.8) is 0 Å². The number of aromatic nitrogens is 1. The van der Waals surface area contributed by atoms with E-state index in [4.69, 9.17) is 0 Å².